The first kappa shape index (κ1) is 8.61. The van der Waals surface area contributed by atoms with Gasteiger partial charge < -0.3 is 0 Å². The summed E-state index contributed by atoms with van der Waals surface area (Å²) in [6.07, 6.45) is 3.12. The lowest BCUT2D eigenvalue weighted by Gasteiger charge is -2.13. The first-order valence-electron chi connectivity index (χ1n) is 4.02. The van der Waals surface area contributed by atoms with Crippen molar-refractivity contribution in [3.05, 3.63) is 30.3 Å². The summed E-state index contributed by atoms with van der Waals surface area (Å²) in [5, 5.41) is 8.78. The molecule has 0 fully saturated rings. The monoisotopic (exact) mass is 159 g/mol. The van der Waals surface area contributed by atoms with Gasteiger partial charge in [0, 0.05) is 6.54 Å². The minimum Gasteiger partial charge on any atom is -0.280 e. The van der Waals surface area contributed by atoms with E-state index in [1.807, 2.05) is 24.3 Å². The summed E-state index contributed by atoms with van der Waals surface area (Å²) < 4.78 is 0. The van der Waals surface area contributed by atoms with Gasteiger partial charge in [0.1, 0.15) is 0 Å². The molecule has 0 aromatic heterocycles. The van der Waals surface area contributed by atoms with Gasteiger partial charge in [0.25, 0.3) is 0 Å². The molecule has 0 aliphatic rings. The second kappa shape index (κ2) is 4.40. The van der Waals surface area contributed by atoms with E-state index in [9.17, 15) is 0 Å². The lowest BCUT2D eigenvalue weighted by atomic mass is 10.3. The molecule has 2 nitrogen and oxygen atoms in total. The predicted molar refractivity (Wildman–Crippen MR) is 48.5 cm³/mol. The molecule has 1 aromatic rings. The molecule has 12 heavy (non-hydrogen) atoms. The summed E-state index contributed by atoms with van der Waals surface area (Å²) in [7, 11) is 0. The molecule has 0 bridgehead atoms. The van der Waals surface area contributed by atoms with Crippen LogP contribution in [0.5, 0.6) is 0 Å². The lowest BCUT2D eigenvalue weighted by Crippen LogP contribution is -2.16. The molecule has 0 saturated heterocycles. The second-order valence-electron chi connectivity index (χ2n) is 2.51. The Bertz CT molecular complexity index is 261. The maximum atomic E-state index is 8.78. The quantitative estimate of drug-likeness (QED) is 0.499. The molecule has 61 valence electrons. The van der Waals surface area contributed by atoms with E-state index in [1.165, 1.54) is 0 Å². The van der Waals surface area contributed by atoms with Gasteiger partial charge in [-0.05, 0) is 24.6 Å². The van der Waals surface area contributed by atoms with E-state index in [0.29, 0.717) is 0 Å². The van der Waals surface area contributed by atoms with E-state index in [1.54, 1.807) is 4.90 Å². The highest BCUT2D eigenvalue weighted by Gasteiger charge is 2.00. The number of nitriles is 1. The number of rotatable bonds is 3. The van der Waals surface area contributed by atoms with E-state index >= 15 is 0 Å². The van der Waals surface area contributed by atoms with Gasteiger partial charge in [0.15, 0.2) is 6.19 Å². The molecule has 0 aliphatic heterocycles. The van der Waals surface area contributed by atoms with Crippen LogP contribution in [0.1, 0.15) is 13.3 Å². The zero-order chi connectivity index (χ0) is 8.81. The third-order valence-electron chi connectivity index (χ3n) is 1.58. The topological polar surface area (TPSA) is 27.0 Å². The molecule has 0 saturated carbocycles. The molecule has 0 aliphatic carbocycles. The van der Waals surface area contributed by atoms with Crippen LogP contribution in [0.25, 0.3) is 0 Å². The maximum absolute atomic E-state index is 8.78. The van der Waals surface area contributed by atoms with Crippen LogP contribution in [0.4, 0.5) is 5.69 Å². The SMILES string of the molecule is CCCN(C#N)c1cc[c]cc1. The molecule has 0 heterocycles. The highest BCUT2D eigenvalue weighted by molar-refractivity contribution is 5.49. The number of nitrogens with zero attached hydrogens (tertiary/aromatic N) is 2. The van der Waals surface area contributed by atoms with E-state index in [0.717, 1.165) is 18.7 Å². The van der Waals surface area contributed by atoms with Gasteiger partial charge in [-0.15, -0.1) is 0 Å². The van der Waals surface area contributed by atoms with Crippen LogP contribution in [0.2, 0.25) is 0 Å². The van der Waals surface area contributed by atoms with Gasteiger partial charge in [0.2, 0.25) is 0 Å². The largest absolute Gasteiger partial charge is 0.280 e. The summed E-state index contributed by atoms with van der Waals surface area (Å²) in [5.41, 5.74) is 0.943. The van der Waals surface area contributed by atoms with E-state index < -0.39 is 0 Å². The van der Waals surface area contributed by atoms with Crippen LogP contribution in [-0.4, -0.2) is 6.54 Å². The molecule has 1 radical (unpaired) electrons. The van der Waals surface area contributed by atoms with Crippen molar-refractivity contribution in [2.45, 2.75) is 13.3 Å². The third kappa shape index (κ3) is 2.00. The molecule has 0 atom stereocenters. The van der Waals surface area contributed by atoms with Gasteiger partial charge in [-0.3, -0.25) is 4.90 Å². The minimum absolute atomic E-state index is 0.778. The molecule has 0 spiro atoms. The lowest BCUT2D eigenvalue weighted by molar-refractivity contribution is 0.887. The highest BCUT2D eigenvalue weighted by Crippen LogP contribution is 2.11. The van der Waals surface area contributed by atoms with E-state index in [2.05, 4.69) is 19.2 Å². The van der Waals surface area contributed by atoms with E-state index in [-0.39, 0.29) is 0 Å². The van der Waals surface area contributed by atoms with Crippen molar-refractivity contribution in [1.29, 1.82) is 5.26 Å². The van der Waals surface area contributed by atoms with Gasteiger partial charge in [-0.1, -0.05) is 19.1 Å². The van der Waals surface area contributed by atoms with Crippen LogP contribution in [0, 0.1) is 17.5 Å². The Morgan fingerprint density at radius 2 is 2.17 bits per heavy atom. The second-order valence-corrected chi connectivity index (χ2v) is 2.51. The fourth-order valence-corrected chi connectivity index (χ4v) is 1.02. The van der Waals surface area contributed by atoms with Crippen molar-refractivity contribution in [2.75, 3.05) is 11.4 Å². The Kier molecular flexibility index (Phi) is 3.16. The zero-order valence-corrected chi connectivity index (χ0v) is 7.12. The molecule has 0 unspecified atom stereocenters. The van der Waals surface area contributed by atoms with Crippen molar-refractivity contribution >= 4 is 5.69 Å². The summed E-state index contributed by atoms with van der Waals surface area (Å²) in [6.45, 7) is 2.83. The smallest absolute Gasteiger partial charge is 0.184 e. The van der Waals surface area contributed by atoms with Gasteiger partial charge in [0.05, 0.1) is 5.69 Å². The van der Waals surface area contributed by atoms with Crippen molar-refractivity contribution in [2.24, 2.45) is 0 Å². The Labute approximate surface area is 73.0 Å². The molecule has 2 heteroatoms. The normalized spacial score (nSPS) is 9.00. The summed E-state index contributed by atoms with van der Waals surface area (Å²) in [6, 6.07) is 10.3. The predicted octanol–water partition coefficient (Wildman–Crippen LogP) is 2.18. The Balaban J connectivity index is 2.75. The van der Waals surface area contributed by atoms with Crippen molar-refractivity contribution < 1.29 is 0 Å². The first-order chi connectivity index (χ1) is 5.88. The summed E-state index contributed by atoms with van der Waals surface area (Å²) in [5.74, 6) is 0. The van der Waals surface area contributed by atoms with Crippen molar-refractivity contribution in [3.63, 3.8) is 0 Å². The van der Waals surface area contributed by atoms with Crippen molar-refractivity contribution in [3.8, 4) is 6.19 Å². The first-order valence-corrected chi connectivity index (χ1v) is 4.02. The average Bonchev–Trinajstić information content (AvgIpc) is 2.15. The van der Waals surface area contributed by atoms with E-state index in [4.69, 9.17) is 5.26 Å². The molecule has 0 N–H and O–H groups in total. The average molecular weight is 159 g/mol. The molecule has 1 aromatic carbocycles. The fraction of sp³-hybridized carbons (Fsp3) is 0.300. The fourth-order valence-electron chi connectivity index (χ4n) is 1.02. The van der Waals surface area contributed by atoms with Crippen LogP contribution < -0.4 is 4.90 Å². The summed E-state index contributed by atoms with van der Waals surface area (Å²) >= 11 is 0. The molecule has 1 rings (SSSR count). The Morgan fingerprint density at radius 3 is 2.67 bits per heavy atom. The Hall–Kier alpha value is -1.49. The number of benzene rings is 1. The zero-order valence-electron chi connectivity index (χ0n) is 7.12. The van der Waals surface area contributed by atoms with Crippen LogP contribution in [0.3, 0.4) is 0 Å². The van der Waals surface area contributed by atoms with Crippen LogP contribution in [0.15, 0.2) is 24.3 Å². The van der Waals surface area contributed by atoms with Gasteiger partial charge in [-0.25, -0.2) is 0 Å². The highest BCUT2D eigenvalue weighted by atomic mass is 15.1. The number of hydrogen-bond acceptors (Lipinski definition) is 2. The van der Waals surface area contributed by atoms with Gasteiger partial charge in [-0.2, -0.15) is 5.26 Å². The van der Waals surface area contributed by atoms with Gasteiger partial charge >= 0.3 is 0 Å². The number of anilines is 1. The summed E-state index contributed by atoms with van der Waals surface area (Å²) in [4.78, 5) is 1.67. The third-order valence-corrected chi connectivity index (χ3v) is 1.58. The van der Waals surface area contributed by atoms with Crippen molar-refractivity contribution in [1.82, 2.24) is 0 Å². The minimum atomic E-state index is 0.778. The van der Waals surface area contributed by atoms with Crippen LogP contribution in [-0.2, 0) is 0 Å². The molecule has 0 amide bonds. The standard InChI is InChI=1S/C10H11N2/c1-2-8-12(9-11)10-6-4-3-5-7-10/h4-7H,2,8H2,1H3. The Morgan fingerprint density at radius 1 is 1.50 bits per heavy atom. The number of hydrogen-bond donors (Lipinski definition) is 0. The van der Waals surface area contributed by atoms with Crippen LogP contribution >= 0.6 is 0 Å². The molecular weight excluding hydrogens is 148 g/mol. The molecular formula is C10H11N2. The maximum Gasteiger partial charge on any atom is 0.184 e.